The van der Waals surface area contributed by atoms with Crippen molar-refractivity contribution in [3.05, 3.63) is 40.9 Å². The van der Waals surface area contributed by atoms with Crippen molar-refractivity contribution in [2.45, 2.75) is 70.5 Å². The van der Waals surface area contributed by atoms with Gasteiger partial charge in [0.2, 0.25) is 0 Å². The van der Waals surface area contributed by atoms with Crippen molar-refractivity contribution in [2.24, 2.45) is 5.92 Å². The number of amides is 1. The molecule has 0 saturated heterocycles. The number of aromatic nitrogens is 4. The van der Waals surface area contributed by atoms with Crippen LogP contribution in [0.15, 0.2) is 24.5 Å². The molecule has 1 amide bonds. The fourth-order valence-electron chi connectivity index (χ4n) is 5.66. The zero-order valence-corrected chi connectivity index (χ0v) is 20.7. The number of aliphatic carboxylic acids is 1. The van der Waals surface area contributed by atoms with Crippen LogP contribution in [-0.2, 0) is 28.9 Å². The number of methoxy groups -OCH3 is 1. The number of fused-ring (bicyclic) bond motifs is 3. The molecule has 35 heavy (non-hydrogen) atoms. The Bertz CT molecular complexity index is 1260. The second kappa shape index (κ2) is 9.53. The van der Waals surface area contributed by atoms with Gasteiger partial charge in [-0.25, -0.2) is 9.78 Å². The predicted octanol–water partition coefficient (Wildman–Crippen LogP) is 4.85. The average molecular weight is 500 g/mol. The van der Waals surface area contributed by atoms with E-state index in [1.807, 2.05) is 23.7 Å². The van der Waals surface area contributed by atoms with Gasteiger partial charge in [-0.3, -0.25) is 14.4 Å². The number of imidazole rings is 1. The summed E-state index contributed by atoms with van der Waals surface area (Å²) in [6.07, 6.45) is 8.30. The highest BCUT2D eigenvalue weighted by Crippen LogP contribution is 2.40. The summed E-state index contributed by atoms with van der Waals surface area (Å²) in [5.74, 6) is -0.0404. The number of carbonyl (C=O) groups is 2. The van der Waals surface area contributed by atoms with Gasteiger partial charge in [0, 0.05) is 36.8 Å². The number of aryl methyl sites for hydroxylation is 3. The van der Waals surface area contributed by atoms with Gasteiger partial charge in [-0.1, -0.05) is 11.6 Å². The lowest BCUT2D eigenvalue weighted by Crippen LogP contribution is -2.42. The molecule has 2 aromatic heterocycles. The molecule has 2 aliphatic rings. The first kappa shape index (κ1) is 23.7. The number of carboxylic acid groups (broad SMARTS) is 1. The smallest absolute Gasteiger partial charge is 0.414 e. The number of hydrogen-bond acceptors (Lipinski definition) is 5. The number of hydrogen-bond donors (Lipinski definition) is 1. The van der Waals surface area contributed by atoms with Crippen molar-refractivity contribution in [1.82, 2.24) is 19.3 Å². The van der Waals surface area contributed by atoms with E-state index in [0.29, 0.717) is 30.8 Å². The summed E-state index contributed by atoms with van der Waals surface area (Å²) in [6, 6.07) is 4.28. The summed E-state index contributed by atoms with van der Waals surface area (Å²) in [4.78, 5) is 30.9. The van der Waals surface area contributed by atoms with Crippen molar-refractivity contribution in [1.29, 1.82) is 0 Å². The van der Waals surface area contributed by atoms with Gasteiger partial charge < -0.3 is 14.4 Å². The molecule has 186 valence electrons. The van der Waals surface area contributed by atoms with E-state index in [4.69, 9.17) is 21.3 Å². The van der Waals surface area contributed by atoms with Gasteiger partial charge >= 0.3 is 12.1 Å². The Morgan fingerprint density at radius 1 is 1.20 bits per heavy atom. The van der Waals surface area contributed by atoms with E-state index in [1.165, 1.54) is 7.11 Å². The van der Waals surface area contributed by atoms with Crippen molar-refractivity contribution in [3.63, 3.8) is 0 Å². The highest BCUT2D eigenvalue weighted by atomic mass is 35.5. The van der Waals surface area contributed by atoms with Crippen LogP contribution in [0.25, 0.3) is 11.0 Å². The monoisotopic (exact) mass is 499 g/mol. The third-order valence-corrected chi connectivity index (χ3v) is 7.67. The first-order valence-corrected chi connectivity index (χ1v) is 12.6. The van der Waals surface area contributed by atoms with E-state index in [0.717, 1.165) is 53.8 Å². The first-order chi connectivity index (χ1) is 16.9. The Kier molecular flexibility index (Phi) is 6.44. The minimum Gasteiger partial charge on any atom is -0.481 e. The van der Waals surface area contributed by atoms with E-state index in [-0.39, 0.29) is 24.1 Å². The molecular formula is C25H30ClN5O4. The molecule has 1 saturated carbocycles. The van der Waals surface area contributed by atoms with E-state index in [2.05, 4.69) is 9.67 Å². The van der Waals surface area contributed by atoms with Crippen LogP contribution < -0.4 is 4.90 Å². The highest BCUT2D eigenvalue weighted by molar-refractivity contribution is 6.30. The number of carbonyl (C=O) groups excluding carboxylic acids is 1. The minimum atomic E-state index is -0.708. The topological polar surface area (TPSA) is 102 Å². The molecular weight excluding hydrogens is 470 g/mol. The van der Waals surface area contributed by atoms with Gasteiger partial charge in [0.25, 0.3) is 0 Å². The Morgan fingerprint density at radius 3 is 2.63 bits per heavy atom. The number of nitrogens with zero attached hydrogens (tertiary/aromatic N) is 5. The molecule has 1 fully saturated rings. The molecule has 1 N–H and O–H groups in total. The van der Waals surface area contributed by atoms with Gasteiger partial charge in [0.05, 0.1) is 41.0 Å². The number of rotatable bonds is 5. The standard InChI is InChI=1S/C25H30ClN5O4/c1-15-3-8-19-20(30(15)25(34)35-2)9-10-21-23(19)28-22(11-12-29-14-17(26)13-27-29)31(21)18-6-4-16(5-7-18)24(32)33/h9-10,13-16,18H,3-8,11-12H2,1-2H3,(H,32,33)/t15-,16-,18-/m0/s1. The van der Waals surface area contributed by atoms with Crippen LogP contribution in [0.1, 0.15) is 56.5 Å². The second-order valence-corrected chi connectivity index (χ2v) is 10.0. The number of ether oxygens (including phenoxy) is 1. The van der Waals surface area contributed by atoms with Crippen LogP contribution in [0, 0.1) is 5.92 Å². The fraction of sp³-hybridized carbons (Fsp3) is 0.520. The zero-order chi connectivity index (χ0) is 24.7. The molecule has 5 rings (SSSR count). The molecule has 0 unspecified atom stereocenters. The average Bonchev–Trinajstić information content (AvgIpc) is 3.45. The van der Waals surface area contributed by atoms with E-state index >= 15 is 0 Å². The molecule has 0 radical (unpaired) electrons. The molecule has 1 aliphatic carbocycles. The fourth-order valence-corrected chi connectivity index (χ4v) is 5.82. The Labute approximate surface area is 208 Å². The van der Waals surface area contributed by atoms with Crippen LogP contribution in [0.2, 0.25) is 5.02 Å². The van der Waals surface area contributed by atoms with Crippen molar-refractivity contribution < 1.29 is 19.4 Å². The van der Waals surface area contributed by atoms with E-state index in [1.54, 1.807) is 17.3 Å². The number of halogens is 1. The maximum absolute atomic E-state index is 12.6. The predicted molar refractivity (Wildman–Crippen MR) is 132 cm³/mol. The second-order valence-electron chi connectivity index (χ2n) is 9.57. The lowest BCUT2D eigenvalue weighted by Gasteiger charge is -2.34. The Hall–Kier alpha value is -3.07. The molecule has 1 aromatic carbocycles. The third kappa shape index (κ3) is 4.37. The molecule has 10 heteroatoms. The van der Waals surface area contributed by atoms with Gasteiger partial charge in [-0.15, -0.1) is 0 Å². The highest BCUT2D eigenvalue weighted by Gasteiger charge is 2.33. The van der Waals surface area contributed by atoms with Gasteiger partial charge in [0.15, 0.2) is 0 Å². The summed E-state index contributed by atoms with van der Waals surface area (Å²) in [5, 5.41) is 14.3. The molecule has 3 heterocycles. The van der Waals surface area contributed by atoms with E-state index in [9.17, 15) is 14.7 Å². The maximum Gasteiger partial charge on any atom is 0.414 e. The first-order valence-electron chi connectivity index (χ1n) is 12.2. The molecule has 1 atom stereocenters. The van der Waals surface area contributed by atoms with Crippen molar-refractivity contribution in [3.8, 4) is 0 Å². The largest absolute Gasteiger partial charge is 0.481 e. The van der Waals surface area contributed by atoms with Crippen molar-refractivity contribution >= 4 is 40.4 Å². The van der Waals surface area contributed by atoms with Crippen LogP contribution in [-0.4, -0.2) is 49.7 Å². The quantitative estimate of drug-likeness (QED) is 0.538. The normalized spacial score (nSPS) is 22.3. The zero-order valence-electron chi connectivity index (χ0n) is 20.0. The van der Waals surface area contributed by atoms with Crippen LogP contribution in [0.5, 0.6) is 0 Å². The van der Waals surface area contributed by atoms with E-state index < -0.39 is 5.97 Å². The minimum absolute atomic E-state index is 0.0461. The summed E-state index contributed by atoms with van der Waals surface area (Å²) in [5.41, 5.74) is 3.87. The molecule has 3 aromatic rings. The van der Waals surface area contributed by atoms with Crippen LogP contribution >= 0.6 is 11.6 Å². The van der Waals surface area contributed by atoms with Gasteiger partial charge in [0.1, 0.15) is 5.82 Å². The summed E-state index contributed by atoms with van der Waals surface area (Å²) in [7, 11) is 1.41. The lowest BCUT2D eigenvalue weighted by atomic mass is 9.86. The number of carboxylic acids is 1. The summed E-state index contributed by atoms with van der Waals surface area (Å²) in [6.45, 7) is 2.66. The van der Waals surface area contributed by atoms with Crippen LogP contribution in [0.4, 0.5) is 10.5 Å². The maximum atomic E-state index is 12.6. The molecule has 0 spiro atoms. The Balaban J connectivity index is 1.56. The van der Waals surface area contributed by atoms with Gasteiger partial charge in [-0.2, -0.15) is 5.10 Å². The van der Waals surface area contributed by atoms with Crippen molar-refractivity contribution in [2.75, 3.05) is 12.0 Å². The Morgan fingerprint density at radius 2 is 1.97 bits per heavy atom. The van der Waals surface area contributed by atoms with Crippen LogP contribution in [0.3, 0.4) is 0 Å². The van der Waals surface area contributed by atoms with Gasteiger partial charge in [-0.05, 0) is 57.6 Å². The molecule has 1 aliphatic heterocycles. The third-order valence-electron chi connectivity index (χ3n) is 7.48. The number of anilines is 1. The number of benzene rings is 1. The molecule has 9 nitrogen and oxygen atoms in total. The summed E-state index contributed by atoms with van der Waals surface area (Å²) >= 11 is 6.05. The SMILES string of the molecule is COC(=O)N1c2ccc3c(nc(CCn4cc(Cl)cn4)n3[C@H]3CC[C@H](C(=O)O)CC3)c2CC[C@@H]1C. The summed E-state index contributed by atoms with van der Waals surface area (Å²) < 4.78 is 9.18. The molecule has 0 bridgehead atoms. The lowest BCUT2D eigenvalue weighted by molar-refractivity contribution is -0.143.